The second kappa shape index (κ2) is 9.58. The van der Waals surface area contributed by atoms with E-state index >= 15 is 0 Å². The molecule has 11 nitrogen and oxygen atoms in total. The first kappa shape index (κ1) is 24.0. The molecule has 1 aromatic carbocycles. The quantitative estimate of drug-likeness (QED) is 0.296. The largest absolute Gasteiger partial charge is 0.504 e. The van der Waals surface area contributed by atoms with E-state index in [1.165, 1.54) is 22.8 Å². The number of aromatic hydroxyl groups is 1. The standard InChI is InChI=1S/C23H21N3O8S/c1-4-32-16-10-13(6-7-14(16)27)11-17-21(28)25-12(3)19(22(29)33-5-2)20(24-23(25)35-17)15-8-9-18(34-15)26(30)31/h6-11,20,27H,4-5H2,1-3H3/b17-11-/t20-/m0/s1. The first-order chi connectivity index (χ1) is 16.7. The first-order valence-electron chi connectivity index (χ1n) is 10.6. The molecular formula is C23H21N3O8S. The van der Waals surface area contributed by atoms with Crippen LogP contribution in [-0.2, 0) is 9.53 Å². The molecule has 1 atom stereocenters. The van der Waals surface area contributed by atoms with Crippen molar-refractivity contribution in [3.63, 3.8) is 0 Å². The predicted octanol–water partition coefficient (Wildman–Crippen LogP) is 2.51. The number of esters is 1. The summed E-state index contributed by atoms with van der Waals surface area (Å²) in [5, 5.41) is 21.0. The lowest BCUT2D eigenvalue weighted by Crippen LogP contribution is -2.35. The number of furan rings is 1. The van der Waals surface area contributed by atoms with Crippen LogP contribution >= 0.6 is 11.3 Å². The second-order valence-electron chi connectivity index (χ2n) is 7.38. The minimum absolute atomic E-state index is 0.0190. The normalized spacial score (nSPS) is 15.5. The molecule has 3 aromatic rings. The number of allylic oxidation sites excluding steroid dienone is 1. The number of ether oxygens (including phenoxy) is 2. The van der Waals surface area contributed by atoms with Crippen LogP contribution in [0, 0.1) is 10.1 Å². The summed E-state index contributed by atoms with van der Waals surface area (Å²) in [5.74, 6) is -0.845. The molecule has 1 aliphatic heterocycles. The Labute approximate surface area is 202 Å². The summed E-state index contributed by atoms with van der Waals surface area (Å²) in [4.78, 5) is 41.3. The lowest BCUT2D eigenvalue weighted by Gasteiger charge is -2.20. The van der Waals surface area contributed by atoms with Crippen LogP contribution < -0.4 is 19.6 Å². The molecule has 182 valence electrons. The van der Waals surface area contributed by atoms with Gasteiger partial charge in [-0.05, 0) is 50.6 Å². The number of hydrogen-bond acceptors (Lipinski definition) is 10. The number of aromatic nitrogens is 1. The van der Waals surface area contributed by atoms with E-state index in [1.54, 1.807) is 39.0 Å². The van der Waals surface area contributed by atoms with Gasteiger partial charge in [-0.1, -0.05) is 17.4 Å². The molecule has 0 bridgehead atoms. The maximum atomic E-state index is 13.3. The first-order valence-corrected chi connectivity index (χ1v) is 11.5. The molecule has 3 heterocycles. The van der Waals surface area contributed by atoms with Gasteiger partial charge in [0.05, 0.1) is 29.4 Å². The van der Waals surface area contributed by atoms with Crippen molar-refractivity contribution in [3.05, 3.63) is 77.0 Å². The van der Waals surface area contributed by atoms with E-state index in [9.17, 15) is 24.8 Å². The summed E-state index contributed by atoms with van der Waals surface area (Å²) in [6.45, 7) is 5.47. The Balaban J connectivity index is 1.90. The molecular weight excluding hydrogens is 478 g/mol. The number of thiazole rings is 1. The van der Waals surface area contributed by atoms with Crippen LogP contribution in [0.5, 0.6) is 11.5 Å². The highest BCUT2D eigenvalue weighted by atomic mass is 32.1. The van der Waals surface area contributed by atoms with Crippen molar-refractivity contribution < 1.29 is 28.7 Å². The second-order valence-corrected chi connectivity index (χ2v) is 8.39. The zero-order valence-electron chi connectivity index (χ0n) is 19.0. The summed E-state index contributed by atoms with van der Waals surface area (Å²) in [7, 11) is 0. The third kappa shape index (κ3) is 4.47. The van der Waals surface area contributed by atoms with Gasteiger partial charge in [-0.3, -0.25) is 19.5 Å². The van der Waals surface area contributed by atoms with E-state index in [2.05, 4.69) is 4.99 Å². The fourth-order valence-corrected chi connectivity index (χ4v) is 4.69. The van der Waals surface area contributed by atoms with Gasteiger partial charge < -0.3 is 19.0 Å². The Hall–Kier alpha value is -4.19. The van der Waals surface area contributed by atoms with Gasteiger partial charge >= 0.3 is 11.9 Å². The average Bonchev–Trinajstić information content (AvgIpc) is 3.42. The molecule has 4 rings (SSSR count). The number of carbonyl (C=O) groups excluding carboxylic acids is 1. The van der Waals surface area contributed by atoms with Gasteiger partial charge in [0.25, 0.3) is 5.56 Å². The number of phenols is 1. The van der Waals surface area contributed by atoms with Gasteiger partial charge in [-0.15, -0.1) is 0 Å². The fourth-order valence-electron chi connectivity index (χ4n) is 3.65. The number of benzene rings is 1. The summed E-state index contributed by atoms with van der Waals surface area (Å²) in [5.41, 5.74) is 0.563. The summed E-state index contributed by atoms with van der Waals surface area (Å²) < 4.78 is 17.5. The third-order valence-electron chi connectivity index (χ3n) is 5.18. The predicted molar refractivity (Wildman–Crippen MR) is 126 cm³/mol. The van der Waals surface area contributed by atoms with Crippen LogP contribution in [-0.4, -0.2) is 33.8 Å². The SMILES string of the molecule is CCOC(=O)C1=C(C)n2c(s/c(=C\c3ccc(O)c(OCC)c3)c2=O)=N[C@H]1c1ccc([N+](=O)[O-])o1. The lowest BCUT2D eigenvalue weighted by atomic mass is 10.0. The van der Waals surface area contributed by atoms with Crippen LogP contribution in [0.4, 0.5) is 5.88 Å². The maximum absolute atomic E-state index is 13.3. The van der Waals surface area contributed by atoms with Crippen LogP contribution in [0.25, 0.3) is 11.8 Å². The Morgan fingerprint density at radius 1 is 1.31 bits per heavy atom. The van der Waals surface area contributed by atoms with Gasteiger partial charge in [0, 0.05) is 5.70 Å². The molecule has 0 aliphatic carbocycles. The van der Waals surface area contributed by atoms with E-state index in [4.69, 9.17) is 13.9 Å². The van der Waals surface area contributed by atoms with E-state index in [1.807, 2.05) is 0 Å². The molecule has 0 spiro atoms. The molecule has 0 unspecified atom stereocenters. The van der Waals surface area contributed by atoms with Crippen LogP contribution in [0.15, 0.2) is 50.1 Å². The van der Waals surface area contributed by atoms with Crippen molar-refractivity contribution in [1.82, 2.24) is 4.57 Å². The molecule has 12 heteroatoms. The fraction of sp³-hybridized carbons (Fsp3) is 0.261. The van der Waals surface area contributed by atoms with Crippen LogP contribution in [0.1, 0.15) is 38.1 Å². The van der Waals surface area contributed by atoms with Crippen molar-refractivity contribution >= 4 is 35.0 Å². The number of fused-ring (bicyclic) bond motifs is 1. The molecule has 0 fully saturated rings. The highest BCUT2D eigenvalue weighted by Crippen LogP contribution is 2.34. The van der Waals surface area contributed by atoms with E-state index in [0.29, 0.717) is 27.2 Å². The van der Waals surface area contributed by atoms with Gasteiger partial charge in [-0.2, -0.15) is 0 Å². The smallest absolute Gasteiger partial charge is 0.433 e. The molecule has 2 aromatic heterocycles. The van der Waals surface area contributed by atoms with Crippen LogP contribution in [0.3, 0.4) is 0 Å². The lowest BCUT2D eigenvalue weighted by molar-refractivity contribution is -0.402. The molecule has 0 saturated carbocycles. The number of phenolic OH excluding ortho intramolecular Hbond substituents is 1. The number of nitro groups is 1. The number of rotatable bonds is 7. The van der Waals surface area contributed by atoms with Crippen molar-refractivity contribution in [2.75, 3.05) is 13.2 Å². The van der Waals surface area contributed by atoms with Gasteiger partial charge in [0.2, 0.25) is 0 Å². The monoisotopic (exact) mass is 499 g/mol. The highest BCUT2D eigenvalue weighted by molar-refractivity contribution is 7.07. The Morgan fingerprint density at radius 3 is 2.74 bits per heavy atom. The van der Waals surface area contributed by atoms with Crippen molar-refractivity contribution in [1.29, 1.82) is 0 Å². The van der Waals surface area contributed by atoms with Crippen molar-refractivity contribution in [3.8, 4) is 11.5 Å². The molecule has 1 aliphatic rings. The third-order valence-corrected chi connectivity index (χ3v) is 6.17. The summed E-state index contributed by atoms with van der Waals surface area (Å²) in [6.07, 6.45) is 1.62. The topological polar surface area (TPSA) is 146 Å². The van der Waals surface area contributed by atoms with E-state index in [-0.39, 0.29) is 29.4 Å². The Bertz CT molecular complexity index is 1530. The van der Waals surface area contributed by atoms with Gasteiger partial charge in [0.15, 0.2) is 16.3 Å². The molecule has 35 heavy (non-hydrogen) atoms. The highest BCUT2D eigenvalue weighted by Gasteiger charge is 2.34. The number of nitrogens with zero attached hydrogens (tertiary/aromatic N) is 3. The maximum Gasteiger partial charge on any atom is 0.433 e. The van der Waals surface area contributed by atoms with Gasteiger partial charge in [-0.25, -0.2) is 9.79 Å². The zero-order valence-corrected chi connectivity index (χ0v) is 19.8. The van der Waals surface area contributed by atoms with E-state index in [0.717, 1.165) is 11.3 Å². The Kier molecular flexibility index (Phi) is 6.56. The minimum atomic E-state index is -1.02. The molecule has 1 N–H and O–H groups in total. The minimum Gasteiger partial charge on any atom is -0.504 e. The number of carbonyl (C=O) groups is 1. The molecule has 0 saturated heterocycles. The van der Waals surface area contributed by atoms with E-state index < -0.39 is 28.4 Å². The van der Waals surface area contributed by atoms with Gasteiger partial charge in [0.1, 0.15) is 16.7 Å². The zero-order chi connectivity index (χ0) is 25.3. The molecule has 0 amide bonds. The Morgan fingerprint density at radius 2 is 2.09 bits per heavy atom. The van der Waals surface area contributed by atoms with Crippen molar-refractivity contribution in [2.24, 2.45) is 4.99 Å². The van der Waals surface area contributed by atoms with Crippen LogP contribution in [0.2, 0.25) is 0 Å². The van der Waals surface area contributed by atoms with Crippen molar-refractivity contribution in [2.45, 2.75) is 26.8 Å². The summed E-state index contributed by atoms with van der Waals surface area (Å²) >= 11 is 1.09. The number of hydrogen-bond donors (Lipinski definition) is 1. The average molecular weight is 500 g/mol. The molecule has 0 radical (unpaired) electrons. The summed E-state index contributed by atoms with van der Waals surface area (Å²) in [6, 6.07) is 6.24.